The highest BCUT2D eigenvalue weighted by molar-refractivity contribution is 5.96. The topological polar surface area (TPSA) is 75.6 Å². The summed E-state index contributed by atoms with van der Waals surface area (Å²) in [5.74, 6) is -1.52. The van der Waals surface area contributed by atoms with Crippen molar-refractivity contribution in [2.45, 2.75) is 19.1 Å². The molecule has 1 atom stereocenters. The van der Waals surface area contributed by atoms with Crippen molar-refractivity contribution in [1.82, 2.24) is 5.32 Å². The fraction of sp³-hybridized carbons (Fsp3) is 0.130. The maximum atomic E-state index is 13.0. The number of carboxylic acids is 1. The lowest BCUT2D eigenvalue weighted by Gasteiger charge is -2.15. The van der Waals surface area contributed by atoms with Crippen molar-refractivity contribution in [2.75, 3.05) is 0 Å². The Morgan fingerprint density at radius 1 is 0.897 bits per heavy atom. The van der Waals surface area contributed by atoms with E-state index < -0.39 is 23.7 Å². The molecule has 5 nitrogen and oxygen atoms in total. The van der Waals surface area contributed by atoms with Gasteiger partial charge >= 0.3 is 5.97 Å². The van der Waals surface area contributed by atoms with Crippen molar-refractivity contribution >= 4 is 11.9 Å². The van der Waals surface area contributed by atoms with Crippen molar-refractivity contribution in [1.29, 1.82) is 0 Å². The average Bonchev–Trinajstić information content (AvgIpc) is 2.74. The number of halogens is 1. The lowest BCUT2D eigenvalue weighted by atomic mass is 10.1. The van der Waals surface area contributed by atoms with E-state index in [1.54, 1.807) is 24.3 Å². The Morgan fingerprint density at radius 3 is 2.17 bits per heavy atom. The second-order valence-corrected chi connectivity index (χ2v) is 6.49. The Bertz CT molecular complexity index is 956. The normalized spacial score (nSPS) is 11.5. The van der Waals surface area contributed by atoms with Gasteiger partial charge in [-0.2, -0.15) is 0 Å². The number of benzene rings is 3. The number of carboxylic acid groups (broad SMARTS) is 1. The lowest BCUT2D eigenvalue weighted by molar-refractivity contribution is -0.139. The molecule has 0 heterocycles. The van der Waals surface area contributed by atoms with Crippen molar-refractivity contribution in [2.24, 2.45) is 0 Å². The first-order chi connectivity index (χ1) is 14.0. The van der Waals surface area contributed by atoms with Gasteiger partial charge in [0.2, 0.25) is 0 Å². The first-order valence-corrected chi connectivity index (χ1v) is 9.06. The minimum Gasteiger partial charge on any atom is -0.489 e. The van der Waals surface area contributed by atoms with Crippen LogP contribution in [-0.4, -0.2) is 23.0 Å². The molecular formula is C23H20FNO4. The summed E-state index contributed by atoms with van der Waals surface area (Å²) in [6, 6.07) is 20.6. The molecule has 0 aliphatic rings. The van der Waals surface area contributed by atoms with Crippen LogP contribution in [0.25, 0.3) is 0 Å². The Labute approximate surface area is 167 Å². The van der Waals surface area contributed by atoms with Crippen LogP contribution in [0.1, 0.15) is 21.5 Å². The van der Waals surface area contributed by atoms with Crippen LogP contribution in [-0.2, 0) is 17.8 Å². The van der Waals surface area contributed by atoms with Gasteiger partial charge in [-0.15, -0.1) is 0 Å². The summed E-state index contributed by atoms with van der Waals surface area (Å²) in [6.45, 7) is 0.436. The maximum Gasteiger partial charge on any atom is 0.326 e. The van der Waals surface area contributed by atoms with Gasteiger partial charge in [-0.05, 0) is 47.5 Å². The van der Waals surface area contributed by atoms with Crippen LogP contribution in [0.3, 0.4) is 0 Å². The minimum atomic E-state index is -1.15. The van der Waals surface area contributed by atoms with Crippen molar-refractivity contribution in [3.63, 3.8) is 0 Å². The monoisotopic (exact) mass is 393 g/mol. The molecule has 0 saturated heterocycles. The van der Waals surface area contributed by atoms with Gasteiger partial charge < -0.3 is 15.2 Å². The van der Waals surface area contributed by atoms with E-state index in [-0.39, 0.29) is 12.0 Å². The molecule has 29 heavy (non-hydrogen) atoms. The SMILES string of the molecule is O=C(N[C@@H](Cc1ccc(OCc2ccccc2)cc1)C(=O)O)c1ccc(F)cc1. The van der Waals surface area contributed by atoms with Crippen LogP contribution < -0.4 is 10.1 Å². The summed E-state index contributed by atoms with van der Waals surface area (Å²) in [5.41, 5.74) is 1.98. The largest absolute Gasteiger partial charge is 0.489 e. The lowest BCUT2D eigenvalue weighted by Crippen LogP contribution is -2.42. The molecule has 0 fully saturated rings. The summed E-state index contributed by atoms with van der Waals surface area (Å²) < 4.78 is 18.7. The minimum absolute atomic E-state index is 0.112. The third kappa shape index (κ3) is 5.90. The van der Waals surface area contributed by atoms with Crippen LogP contribution in [0.5, 0.6) is 5.75 Å². The highest BCUT2D eigenvalue weighted by Crippen LogP contribution is 2.16. The van der Waals surface area contributed by atoms with E-state index in [2.05, 4.69) is 5.32 Å². The third-order valence-electron chi connectivity index (χ3n) is 4.32. The quantitative estimate of drug-likeness (QED) is 0.610. The second-order valence-electron chi connectivity index (χ2n) is 6.49. The first-order valence-electron chi connectivity index (χ1n) is 9.06. The van der Waals surface area contributed by atoms with Crippen LogP contribution >= 0.6 is 0 Å². The number of aliphatic carboxylic acids is 1. The predicted octanol–water partition coefficient (Wildman–Crippen LogP) is 3.83. The van der Waals surface area contributed by atoms with E-state index in [9.17, 15) is 19.1 Å². The van der Waals surface area contributed by atoms with Crippen molar-refractivity contribution < 1.29 is 23.8 Å². The maximum absolute atomic E-state index is 13.0. The number of hydrogen-bond donors (Lipinski definition) is 2. The van der Waals surface area contributed by atoms with Gasteiger partial charge in [-0.25, -0.2) is 9.18 Å². The number of hydrogen-bond acceptors (Lipinski definition) is 3. The summed E-state index contributed by atoms with van der Waals surface area (Å²) in [5, 5.41) is 11.9. The number of carbonyl (C=O) groups excluding carboxylic acids is 1. The summed E-state index contributed by atoms with van der Waals surface area (Å²) in [6.07, 6.45) is 0.112. The molecule has 0 aliphatic heterocycles. The Kier molecular flexibility index (Phi) is 6.58. The van der Waals surface area contributed by atoms with Crippen molar-refractivity contribution in [3.8, 4) is 5.75 Å². The van der Waals surface area contributed by atoms with E-state index in [4.69, 9.17) is 4.74 Å². The predicted molar refractivity (Wildman–Crippen MR) is 106 cm³/mol. The van der Waals surface area contributed by atoms with Gasteiger partial charge in [-0.1, -0.05) is 42.5 Å². The molecule has 0 unspecified atom stereocenters. The summed E-state index contributed by atoms with van der Waals surface area (Å²) in [4.78, 5) is 23.8. The van der Waals surface area contributed by atoms with E-state index in [0.717, 1.165) is 23.3 Å². The zero-order chi connectivity index (χ0) is 20.6. The van der Waals surface area contributed by atoms with E-state index in [1.807, 2.05) is 30.3 Å². The molecule has 6 heteroatoms. The van der Waals surface area contributed by atoms with Crippen LogP contribution in [0.2, 0.25) is 0 Å². The van der Waals surface area contributed by atoms with Crippen LogP contribution in [0.4, 0.5) is 4.39 Å². The zero-order valence-electron chi connectivity index (χ0n) is 15.5. The fourth-order valence-electron chi connectivity index (χ4n) is 2.74. The van der Waals surface area contributed by atoms with Gasteiger partial charge in [0.05, 0.1) is 0 Å². The van der Waals surface area contributed by atoms with Crippen LogP contribution in [0.15, 0.2) is 78.9 Å². The Balaban J connectivity index is 1.59. The standard InChI is InChI=1S/C23H20FNO4/c24-19-10-8-18(9-11-19)22(26)25-21(23(27)28)14-16-6-12-20(13-7-16)29-15-17-4-2-1-3-5-17/h1-13,21H,14-15H2,(H,25,26)(H,27,28)/t21-/m0/s1. The fourth-order valence-corrected chi connectivity index (χ4v) is 2.74. The average molecular weight is 393 g/mol. The number of carbonyl (C=O) groups is 2. The van der Waals surface area contributed by atoms with E-state index in [1.165, 1.54) is 12.1 Å². The molecule has 2 N–H and O–H groups in total. The molecular weight excluding hydrogens is 373 g/mol. The van der Waals surface area contributed by atoms with Gasteiger partial charge in [0, 0.05) is 12.0 Å². The van der Waals surface area contributed by atoms with Gasteiger partial charge in [0.1, 0.15) is 24.2 Å². The molecule has 3 rings (SSSR count). The molecule has 3 aromatic rings. The number of ether oxygens (including phenoxy) is 1. The molecule has 0 aliphatic carbocycles. The highest BCUT2D eigenvalue weighted by atomic mass is 19.1. The van der Waals surface area contributed by atoms with Gasteiger partial charge in [0.15, 0.2) is 0 Å². The molecule has 0 saturated carbocycles. The first kappa shape index (κ1) is 20.1. The Morgan fingerprint density at radius 2 is 1.55 bits per heavy atom. The molecule has 3 aromatic carbocycles. The van der Waals surface area contributed by atoms with Gasteiger partial charge in [0.25, 0.3) is 5.91 Å². The third-order valence-corrected chi connectivity index (χ3v) is 4.32. The van der Waals surface area contributed by atoms with Crippen molar-refractivity contribution in [3.05, 3.63) is 101 Å². The molecule has 0 bridgehead atoms. The number of amides is 1. The second kappa shape index (κ2) is 9.50. The molecule has 0 spiro atoms. The zero-order valence-corrected chi connectivity index (χ0v) is 15.5. The summed E-state index contributed by atoms with van der Waals surface area (Å²) in [7, 11) is 0. The number of rotatable bonds is 8. The Hall–Kier alpha value is -3.67. The molecule has 1 amide bonds. The molecule has 148 valence electrons. The van der Waals surface area contributed by atoms with E-state index >= 15 is 0 Å². The highest BCUT2D eigenvalue weighted by Gasteiger charge is 2.21. The van der Waals surface area contributed by atoms with Gasteiger partial charge in [-0.3, -0.25) is 4.79 Å². The summed E-state index contributed by atoms with van der Waals surface area (Å²) >= 11 is 0. The van der Waals surface area contributed by atoms with E-state index in [0.29, 0.717) is 12.4 Å². The molecule has 0 aromatic heterocycles. The van der Waals surface area contributed by atoms with Crippen LogP contribution in [0, 0.1) is 5.82 Å². The molecule has 0 radical (unpaired) electrons. The number of nitrogens with one attached hydrogen (secondary N) is 1. The smallest absolute Gasteiger partial charge is 0.326 e.